The third kappa shape index (κ3) is 5.55. The Morgan fingerprint density at radius 2 is 2.18 bits per heavy atom. The molecule has 1 heterocycles. The van der Waals surface area contributed by atoms with Crippen molar-refractivity contribution >= 4 is 29.1 Å². The minimum absolute atomic E-state index is 0.0971. The van der Waals surface area contributed by atoms with Crippen molar-refractivity contribution in [3.05, 3.63) is 10.6 Å². The van der Waals surface area contributed by atoms with Gasteiger partial charge in [-0.2, -0.15) is 0 Å². The van der Waals surface area contributed by atoms with Gasteiger partial charge in [-0.3, -0.25) is 4.79 Å². The molecule has 0 aliphatic heterocycles. The summed E-state index contributed by atoms with van der Waals surface area (Å²) in [5.74, 6) is 0.302. The van der Waals surface area contributed by atoms with E-state index in [1.54, 1.807) is 11.8 Å². The SMILES string of the molecule is CCCCCCSc1nc(C)c(CC(=O)O)s1. The Labute approximate surface area is 111 Å². The van der Waals surface area contributed by atoms with Crippen LogP contribution in [0, 0.1) is 6.92 Å². The molecule has 0 aromatic carbocycles. The quantitative estimate of drug-likeness (QED) is 0.579. The average molecular weight is 273 g/mol. The van der Waals surface area contributed by atoms with Crippen LogP contribution in [0.2, 0.25) is 0 Å². The standard InChI is InChI=1S/C12H19NO2S2/c1-3-4-5-6-7-16-12-13-9(2)10(17-12)8-11(14)15/h3-8H2,1-2H3,(H,14,15). The molecule has 0 radical (unpaired) electrons. The topological polar surface area (TPSA) is 50.2 Å². The molecule has 0 atom stereocenters. The Morgan fingerprint density at radius 1 is 1.41 bits per heavy atom. The van der Waals surface area contributed by atoms with Crippen LogP contribution >= 0.6 is 23.1 Å². The number of carbonyl (C=O) groups is 1. The molecule has 0 aliphatic rings. The Morgan fingerprint density at radius 3 is 2.82 bits per heavy atom. The van der Waals surface area contributed by atoms with E-state index in [4.69, 9.17) is 5.11 Å². The number of aliphatic carboxylic acids is 1. The maximum atomic E-state index is 10.6. The van der Waals surface area contributed by atoms with Crippen molar-refractivity contribution in [2.75, 3.05) is 5.75 Å². The number of carboxylic acid groups (broad SMARTS) is 1. The van der Waals surface area contributed by atoms with Gasteiger partial charge in [0.1, 0.15) is 4.34 Å². The fourth-order valence-corrected chi connectivity index (χ4v) is 3.75. The summed E-state index contributed by atoms with van der Waals surface area (Å²) in [6.45, 7) is 4.09. The predicted octanol–water partition coefficient (Wildman–Crippen LogP) is 3.75. The van der Waals surface area contributed by atoms with Crippen molar-refractivity contribution < 1.29 is 9.90 Å². The zero-order chi connectivity index (χ0) is 12.7. The molecule has 0 bridgehead atoms. The predicted molar refractivity (Wildman–Crippen MR) is 73.1 cm³/mol. The third-order valence-electron chi connectivity index (χ3n) is 2.41. The second-order valence-electron chi connectivity index (χ2n) is 3.97. The number of aryl methyl sites for hydroxylation is 1. The Hall–Kier alpha value is -0.550. The molecule has 0 unspecified atom stereocenters. The Bertz CT molecular complexity index is 363. The fraction of sp³-hybridized carbons (Fsp3) is 0.667. The molecule has 1 aromatic rings. The van der Waals surface area contributed by atoms with Crippen molar-refractivity contribution in [1.82, 2.24) is 4.98 Å². The number of aromatic nitrogens is 1. The van der Waals surface area contributed by atoms with Crippen LogP contribution in [0.1, 0.15) is 43.2 Å². The third-order valence-corrected chi connectivity index (χ3v) is 4.79. The van der Waals surface area contributed by atoms with E-state index in [1.807, 2.05) is 6.92 Å². The van der Waals surface area contributed by atoms with Gasteiger partial charge in [0.25, 0.3) is 0 Å². The van der Waals surface area contributed by atoms with E-state index in [0.29, 0.717) is 0 Å². The molecule has 0 aliphatic carbocycles. The van der Waals surface area contributed by atoms with Crippen molar-refractivity contribution in [2.24, 2.45) is 0 Å². The molecular formula is C12H19NO2S2. The van der Waals surface area contributed by atoms with Crippen LogP contribution in [0.5, 0.6) is 0 Å². The first-order chi connectivity index (χ1) is 8.13. The number of carboxylic acids is 1. The Kier molecular flexibility index (Phi) is 6.58. The lowest BCUT2D eigenvalue weighted by atomic mass is 10.2. The molecular weight excluding hydrogens is 254 g/mol. The van der Waals surface area contributed by atoms with Crippen LogP contribution in [0.15, 0.2) is 4.34 Å². The molecule has 0 spiro atoms. The highest BCUT2D eigenvalue weighted by Crippen LogP contribution is 2.28. The van der Waals surface area contributed by atoms with E-state index in [2.05, 4.69) is 11.9 Å². The average Bonchev–Trinajstić information content (AvgIpc) is 2.58. The highest BCUT2D eigenvalue weighted by atomic mass is 32.2. The molecule has 5 heteroatoms. The van der Waals surface area contributed by atoms with Crippen molar-refractivity contribution in [3.63, 3.8) is 0 Å². The molecule has 0 fully saturated rings. The molecule has 3 nitrogen and oxygen atoms in total. The highest BCUT2D eigenvalue weighted by Gasteiger charge is 2.10. The second-order valence-corrected chi connectivity index (χ2v) is 6.39. The van der Waals surface area contributed by atoms with Gasteiger partial charge < -0.3 is 5.11 Å². The monoisotopic (exact) mass is 273 g/mol. The largest absolute Gasteiger partial charge is 0.481 e. The summed E-state index contributed by atoms with van der Waals surface area (Å²) in [5, 5.41) is 8.75. The number of thioether (sulfide) groups is 1. The number of unbranched alkanes of at least 4 members (excludes halogenated alkanes) is 3. The molecule has 17 heavy (non-hydrogen) atoms. The van der Waals surface area contributed by atoms with Crippen LogP contribution in [0.4, 0.5) is 0 Å². The molecule has 0 amide bonds. The van der Waals surface area contributed by atoms with Gasteiger partial charge in [-0.15, -0.1) is 11.3 Å². The van der Waals surface area contributed by atoms with Crippen LogP contribution in [-0.2, 0) is 11.2 Å². The van der Waals surface area contributed by atoms with Crippen LogP contribution in [0.25, 0.3) is 0 Å². The minimum atomic E-state index is -0.781. The lowest BCUT2D eigenvalue weighted by Crippen LogP contribution is -1.99. The van der Waals surface area contributed by atoms with E-state index >= 15 is 0 Å². The summed E-state index contributed by atoms with van der Waals surface area (Å²) >= 11 is 3.27. The maximum Gasteiger partial charge on any atom is 0.308 e. The van der Waals surface area contributed by atoms with Gasteiger partial charge in [-0.1, -0.05) is 37.9 Å². The van der Waals surface area contributed by atoms with Gasteiger partial charge in [0.2, 0.25) is 0 Å². The first-order valence-corrected chi connectivity index (χ1v) is 7.74. The highest BCUT2D eigenvalue weighted by molar-refractivity contribution is 8.01. The summed E-state index contributed by atoms with van der Waals surface area (Å²) in [6, 6.07) is 0. The lowest BCUT2D eigenvalue weighted by Gasteiger charge is -1.96. The summed E-state index contributed by atoms with van der Waals surface area (Å²) < 4.78 is 1.01. The molecule has 1 aromatic heterocycles. The van der Waals surface area contributed by atoms with Gasteiger partial charge in [0.05, 0.1) is 12.1 Å². The lowest BCUT2D eigenvalue weighted by molar-refractivity contribution is -0.136. The van der Waals surface area contributed by atoms with Crippen molar-refractivity contribution in [1.29, 1.82) is 0 Å². The number of hydrogen-bond donors (Lipinski definition) is 1. The summed E-state index contributed by atoms with van der Waals surface area (Å²) in [4.78, 5) is 15.9. The van der Waals surface area contributed by atoms with Gasteiger partial charge in [0, 0.05) is 10.6 Å². The molecule has 1 rings (SSSR count). The number of thiazole rings is 1. The van der Waals surface area contributed by atoms with E-state index < -0.39 is 5.97 Å². The normalized spacial score (nSPS) is 10.7. The van der Waals surface area contributed by atoms with Crippen LogP contribution in [-0.4, -0.2) is 21.8 Å². The number of nitrogens with zero attached hydrogens (tertiary/aromatic N) is 1. The van der Waals surface area contributed by atoms with Gasteiger partial charge in [0.15, 0.2) is 0 Å². The smallest absolute Gasteiger partial charge is 0.308 e. The molecule has 0 saturated heterocycles. The van der Waals surface area contributed by atoms with Gasteiger partial charge >= 0.3 is 5.97 Å². The zero-order valence-electron chi connectivity index (χ0n) is 10.4. The summed E-state index contributed by atoms with van der Waals surface area (Å²) in [7, 11) is 0. The Balaban J connectivity index is 2.36. The fourth-order valence-electron chi connectivity index (χ4n) is 1.45. The van der Waals surface area contributed by atoms with Crippen molar-refractivity contribution in [2.45, 2.75) is 50.3 Å². The van der Waals surface area contributed by atoms with Crippen LogP contribution in [0.3, 0.4) is 0 Å². The first-order valence-electron chi connectivity index (χ1n) is 5.94. The zero-order valence-corrected chi connectivity index (χ0v) is 12.0. The summed E-state index contributed by atoms with van der Waals surface area (Å²) in [6.07, 6.45) is 5.13. The van der Waals surface area contributed by atoms with Gasteiger partial charge in [-0.25, -0.2) is 4.98 Å². The van der Waals surface area contributed by atoms with E-state index in [-0.39, 0.29) is 6.42 Å². The number of rotatable bonds is 8. The van der Waals surface area contributed by atoms with E-state index in [0.717, 1.165) is 20.7 Å². The molecule has 1 N–H and O–H groups in total. The maximum absolute atomic E-state index is 10.6. The van der Waals surface area contributed by atoms with E-state index in [1.165, 1.54) is 37.0 Å². The van der Waals surface area contributed by atoms with E-state index in [9.17, 15) is 4.79 Å². The molecule has 96 valence electrons. The van der Waals surface area contributed by atoms with Crippen LogP contribution < -0.4 is 0 Å². The van der Waals surface area contributed by atoms with Crippen molar-refractivity contribution in [3.8, 4) is 0 Å². The minimum Gasteiger partial charge on any atom is -0.481 e. The first kappa shape index (κ1) is 14.5. The molecule has 0 saturated carbocycles. The van der Waals surface area contributed by atoms with Gasteiger partial charge in [-0.05, 0) is 13.3 Å². The number of hydrogen-bond acceptors (Lipinski definition) is 4. The second kappa shape index (κ2) is 7.71. The summed E-state index contributed by atoms with van der Waals surface area (Å²) in [5.41, 5.74) is 0.869.